The van der Waals surface area contributed by atoms with Crippen LogP contribution in [0.4, 0.5) is 0 Å². The second-order valence-corrected chi connectivity index (χ2v) is 12.4. The largest absolute Gasteiger partial charge is 0.465 e. The molecule has 0 radical (unpaired) electrons. The van der Waals surface area contributed by atoms with Crippen molar-refractivity contribution in [2.45, 2.75) is 31.8 Å². The van der Waals surface area contributed by atoms with Crippen molar-refractivity contribution in [1.29, 1.82) is 0 Å². The molecule has 0 aliphatic heterocycles. The van der Waals surface area contributed by atoms with Gasteiger partial charge in [-0.25, -0.2) is 4.79 Å². The van der Waals surface area contributed by atoms with Gasteiger partial charge in [0.25, 0.3) is 0 Å². The van der Waals surface area contributed by atoms with E-state index in [1.807, 2.05) is 6.07 Å². The van der Waals surface area contributed by atoms with Crippen LogP contribution in [-0.4, -0.2) is 39.0 Å². The molecule has 1 heterocycles. The third-order valence-electron chi connectivity index (χ3n) is 3.71. The van der Waals surface area contributed by atoms with Crippen LogP contribution in [0, 0.1) is 0 Å². The highest BCUT2D eigenvalue weighted by Crippen LogP contribution is 2.27. The van der Waals surface area contributed by atoms with Gasteiger partial charge in [-0.1, -0.05) is 25.7 Å². The average Bonchev–Trinajstić information content (AvgIpc) is 2.92. The van der Waals surface area contributed by atoms with E-state index in [2.05, 4.69) is 24.6 Å². The first-order valence-corrected chi connectivity index (χ1v) is 11.3. The van der Waals surface area contributed by atoms with Gasteiger partial charge < -0.3 is 19.3 Å². The molecular weight excluding hydrogens is 310 g/mol. The van der Waals surface area contributed by atoms with Crippen LogP contribution < -0.4 is 0 Å². The van der Waals surface area contributed by atoms with Gasteiger partial charge in [-0.05, 0) is 18.2 Å². The lowest BCUT2D eigenvalue weighted by atomic mass is 10.1. The maximum Gasteiger partial charge on any atom is 0.337 e. The van der Waals surface area contributed by atoms with E-state index in [0.717, 1.165) is 28.8 Å². The minimum atomic E-state index is -1.20. The summed E-state index contributed by atoms with van der Waals surface area (Å²) in [5.74, 6) is -0.388. The molecule has 6 heteroatoms. The van der Waals surface area contributed by atoms with Crippen LogP contribution in [0.2, 0.25) is 25.7 Å². The van der Waals surface area contributed by atoms with Crippen LogP contribution in [0.1, 0.15) is 22.0 Å². The summed E-state index contributed by atoms with van der Waals surface area (Å²) < 4.78 is 10.5. The van der Waals surface area contributed by atoms with Gasteiger partial charge in [0.15, 0.2) is 6.29 Å². The summed E-state index contributed by atoms with van der Waals surface area (Å²) >= 11 is 0. The Morgan fingerprint density at radius 3 is 2.70 bits per heavy atom. The Hall–Kier alpha value is -1.92. The molecule has 1 unspecified atom stereocenters. The van der Waals surface area contributed by atoms with E-state index in [1.54, 1.807) is 18.3 Å². The Balaban J connectivity index is 2.21. The molecule has 1 N–H and O–H groups in total. The molecule has 124 valence electrons. The Labute approximate surface area is 137 Å². The van der Waals surface area contributed by atoms with Crippen molar-refractivity contribution in [3.63, 3.8) is 0 Å². The molecule has 23 heavy (non-hydrogen) atoms. The lowest BCUT2D eigenvalue weighted by Crippen LogP contribution is -2.22. The van der Waals surface area contributed by atoms with Crippen molar-refractivity contribution in [1.82, 2.24) is 4.98 Å². The first-order chi connectivity index (χ1) is 10.9. The maximum atomic E-state index is 11.6. The van der Waals surface area contributed by atoms with Crippen LogP contribution in [-0.2, 0) is 14.3 Å². The fraction of sp³-hybridized carbons (Fsp3) is 0.412. The SMILES string of the molecule is COC(=O)c1ccc2c(C(C=O)OCC[Si](C)(C)C)c[nH]c2c1. The van der Waals surface area contributed by atoms with E-state index >= 15 is 0 Å². The molecule has 1 aromatic carbocycles. The molecule has 0 saturated carbocycles. The number of carbonyl (C=O) groups is 2. The topological polar surface area (TPSA) is 68.4 Å². The number of methoxy groups -OCH3 is 1. The zero-order valence-electron chi connectivity index (χ0n) is 14.0. The van der Waals surface area contributed by atoms with Gasteiger partial charge in [0.1, 0.15) is 6.10 Å². The number of aromatic amines is 1. The third kappa shape index (κ3) is 4.30. The van der Waals surface area contributed by atoms with Crippen molar-refractivity contribution in [2.24, 2.45) is 0 Å². The highest BCUT2D eigenvalue weighted by atomic mass is 28.3. The van der Waals surface area contributed by atoms with Crippen LogP contribution >= 0.6 is 0 Å². The molecule has 0 amide bonds. The molecule has 0 aliphatic rings. The Bertz CT molecular complexity index is 702. The van der Waals surface area contributed by atoms with Gasteiger partial charge in [0, 0.05) is 37.3 Å². The lowest BCUT2D eigenvalue weighted by Gasteiger charge is -2.17. The van der Waals surface area contributed by atoms with Crippen LogP contribution in [0.15, 0.2) is 24.4 Å². The second kappa shape index (κ2) is 7.10. The van der Waals surface area contributed by atoms with Gasteiger partial charge in [-0.15, -0.1) is 0 Å². The van der Waals surface area contributed by atoms with Crippen LogP contribution in [0.25, 0.3) is 10.9 Å². The minimum absolute atomic E-state index is 0.388. The highest BCUT2D eigenvalue weighted by Gasteiger charge is 2.19. The molecule has 0 fully saturated rings. The van der Waals surface area contributed by atoms with Gasteiger partial charge in [0.2, 0.25) is 0 Å². The summed E-state index contributed by atoms with van der Waals surface area (Å²) in [5, 5.41) is 0.878. The van der Waals surface area contributed by atoms with E-state index in [-0.39, 0.29) is 5.97 Å². The first-order valence-electron chi connectivity index (χ1n) is 7.62. The quantitative estimate of drug-likeness (QED) is 0.478. The first kappa shape index (κ1) is 17.4. The molecule has 2 aromatic rings. The number of ether oxygens (including phenoxy) is 2. The molecule has 0 bridgehead atoms. The van der Waals surface area contributed by atoms with Crippen molar-refractivity contribution in [3.8, 4) is 0 Å². The van der Waals surface area contributed by atoms with Crippen molar-refractivity contribution >= 4 is 31.2 Å². The summed E-state index contributed by atoms with van der Waals surface area (Å²) in [5.41, 5.74) is 2.04. The van der Waals surface area contributed by atoms with Crippen LogP contribution in [0.3, 0.4) is 0 Å². The maximum absolute atomic E-state index is 11.6. The number of aldehydes is 1. The number of esters is 1. The fourth-order valence-electron chi connectivity index (χ4n) is 2.32. The summed E-state index contributed by atoms with van der Waals surface area (Å²) in [6.45, 7) is 7.39. The van der Waals surface area contributed by atoms with Crippen molar-refractivity contribution < 1.29 is 19.1 Å². The van der Waals surface area contributed by atoms with E-state index in [1.165, 1.54) is 7.11 Å². The summed E-state index contributed by atoms with van der Waals surface area (Å²) in [6, 6.07) is 6.22. The standard InChI is InChI=1S/C17H23NO4Si/c1-21-17(20)12-5-6-13-14(10-18-15(13)9-12)16(11-19)22-7-8-23(2,3)4/h5-6,9-11,16,18H,7-8H2,1-4H3. The predicted molar refractivity (Wildman–Crippen MR) is 92.5 cm³/mol. The van der Waals surface area contributed by atoms with Gasteiger partial charge in [0.05, 0.1) is 12.7 Å². The molecule has 0 saturated heterocycles. The van der Waals surface area contributed by atoms with E-state index < -0.39 is 14.2 Å². The smallest absolute Gasteiger partial charge is 0.337 e. The van der Waals surface area contributed by atoms with Gasteiger partial charge in [-0.3, -0.25) is 0 Å². The fourth-order valence-corrected chi connectivity index (χ4v) is 3.05. The average molecular weight is 333 g/mol. The summed E-state index contributed by atoms with van der Waals surface area (Å²) in [4.78, 5) is 26.1. The number of hydrogen-bond donors (Lipinski definition) is 1. The monoisotopic (exact) mass is 333 g/mol. The molecular formula is C17H23NO4Si. The number of aromatic nitrogens is 1. The number of carbonyl (C=O) groups excluding carboxylic acids is 2. The van der Waals surface area contributed by atoms with Crippen molar-refractivity contribution in [2.75, 3.05) is 13.7 Å². The molecule has 1 atom stereocenters. The molecule has 5 nitrogen and oxygen atoms in total. The Morgan fingerprint density at radius 1 is 1.35 bits per heavy atom. The molecule has 2 rings (SSSR count). The predicted octanol–water partition coefficient (Wildman–Crippen LogP) is 3.55. The van der Waals surface area contributed by atoms with Gasteiger partial charge in [-0.2, -0.15) is 0 Å². The van der Waals surface area contributed by atoms with Crippen molar-refractivity contribution in [3.05, 3.63) is 35.5 Å². The van der Waals surface area contributed by atoms with E-state index in [0.29, 0.717) is 12.2 Å². The zero-order valence-corrected chi connectivity index (χ0v) is 15.0. The molecule has 1 aromatic heterocycles. The lowest BCUT2D eigenvalue weighted by molar-refractivity contribution is -0.118. The Morgan fingerprint density at radius 2 is 2.09 bits per heavy atom. The number of nitrogens with one attached hydrogen (secondary N) is 1. The highest BCUT2D eigenvalue weighted by molar-refractivity contribution is 6.76. The number of benzene rings is 1. The third-order valence-corrected chi connectivity index (χ3v) is 5.42. The number of fused-ring (bicyclic) bond motifs is 1. The second-order valence-electron chi connectivity index (χ2n) is 6.73. The van der Waals surface area contributed by atoms with Gasteiger partial charge >= 0.3 is 5.97 Å². The van der Waals surface area contributed by atoms with Crippen LogP contribution in [0.5, 0.6) is 0 Å². The summed E-state index contributed by atoms with van der Waals surface area (Å²) in [7, 11) is 0.149. The minimum Gasteiger partial charge on any atom is -0.465 e. The number of H-pyrrole nitrogens is 1. The van der Waals surface area contributed by atoms with E-state index in [4.69, 9.17) is 9.47 Å². The normalized spacial score (nSPS) is 13.0. The molecule has 0 aliphatic carbocycles. The van der Waals surface area contributed by atoms with E-state index in [9.17, 15) is 9.59 Å². The summed E-state index contributed by atoms with van der Waals surface area (Å²) in [6.07, 6.45) is 1.99. The number of hydrogen-bond acceptors (Lipinski definition) is 4. The zero-order chi connectivity index (χ0) is 17.0. The Kier molecular flexibility index (Phi) is 5.38. The number of rotatable bonds is 7. The molecule has 0 spiro atoms.